The minimum atomic E-state index is -0.246. The van der Waals surface area contributed by atoms with Crippen molar-refractivity contribution in [2.45, 2.75) is 38.6 Å². The number of hydrazone groups is 1. The van der Waals surface area contributed by atoms with Crippen LogP contribution in [0.1, 0.15) is 44.2 Å². The van der Waals surface area contributed by atoms with Gasteiger partial charge in [-0.1, -0.05) is 55.1 Å². The third-order valence-electron chi connectivity index (χ3n) is 5.87. The third kappa shape index (κ3) is 5.31. The maximum Gasteiger partial charge on any atom is 0.282 e. The standard InChI is InChI=1S/C23H26Cl2N4O2.ClH/c1-15-21(23(31)27-28-12-4-2-3-5-13-28)26-29(20-11-8-17(24)14-19(20)25)22(15)16-6-9-18(30)10-7-16;/h6-11,14-15,22,30H,2-5,12-13H2,1H3,(H,27,31);1H. The second kappa shape index (κ2) is 10.8. The average Bonchev–Trinajstić information content (AvgIpc) is 2.89. The summed E-state index contributed by atoms with van der Waals surface area (Å²) in [6, 6.07) is 12.0. The number of carbonyl (C=O) groups excluding carboxylic acids is 1. The molecule has 1 fully saturated rings. The molecule has 1 amide bonds. The smallest absolute Gasteiger partial charge is 0.282 e. The number of hydrogen-bond donors (Lipinski definition) is 2. The molecule has 9 heteroatoms. The van der Waals surface area contributed by atoms with Crippen LogP contribution in [-0.4, -0.2) is 34.8 Å². The molecular weight excluding hydrogens is 471 g/mol. The number of nitrogens with one attached hydrogen (secondary N) is 1. The van der Waals surface area contributed by atoms with Crippen molar-refractivity contribution in [2.75, 3.05) is 18.1 Å². The van der Waals surface area contributed by atoms with Crippen molar-refractivity contribution < 1.29 is 9.90 Å². The highest BCUT2D eigenvalue weighted by molar-refractivity contribution is 6.41. The number of carbonyl (C=O) groups is 1. The molecule has 0 bridgehead atoms. The van der Waals surface area contributed by atoms with E-state index in [0.29, 0.717) is 21.4 Å². The molecule has 32 heavy (non-hydrogen) atoms. The van der Waals surface area contributed by atoms with Crippen LogP contribution in [0.5, 0.6) is 5.75 Å². The van der Waals surface area contributed by atoms with E-state index in [-0.39, 0.29) is 36.0 Å². The Balaban J connectivity index is 0.00000289. The van der Waals surface area contributed by atoms with Crippen LogP contribution >= 0.6 is 35.6 Å². The molecule has 0 spiro atoms. The van der Waals surface area contributed by atoms with Gasteiger partial charge in [0, 0.05) is 24.0 Å². The highest BCUT2D eigenvalue weighted by atomic mass is 35.5. The highest BCUT2D eigenvalue weighted by Gasteiger charge is 2.40. The molecule has 2 unspecified atom stereocenters. The van der Waals surface area contributed by atoms with Gasteiger partial charge in [0.25, 0.3) is 5.91 Å². The number of amides is 1. The maximum absolute atomic E-state index is 13.2. The fourth-order valence-corrected chi connectivity index (χ4v) is 4.73. The largest absolute Gasteiger partial charge is 0.508 e. The Morgan fingerprint density at radius 3 is 2.34 bits per heavy atom. The Labute approximate surface area is 204 Å². The van der Waals surface area contributed by atoms with Crippen molar-refractivity contribution in [3.8, 4) is 5.75 Å². The van der Waals surface area contributed by atoms with E-state index in [2.05, 4.69) is 5.43 Å². The normalized spacial score (nSPS) is 21.5. The number of halogens is 3. The number of aromatic hydroxyl groups is 1. The summed E-state index contributed by atoms with van der Waals surface area (Å²) in [5.74, 6) is -0.195. The van der Waals surface area contributed by atoms with Crippen LogP contribution in [0.15, 0.2) is 47.6 Å². The molecule has 6 nitrogen and oxygen atoms in total. The molecule has 2 aliphatic rings. The van der Waals surface area contributed by atoms with Gasteiger partial charge in [-0.2, -0.15) is 5.10 Å². The van der Waals surface area contributed by atoms with Crippen LogP contribution in [0.4, 0.5) is 5.69 Å². The van der Waals surface area contributed by atoms with E-state index < -0.39 is 0 Å². The molecule has 2 aromatic carbocycles. The second-order valence-electron chi connectivity index (χ2n) is 8.09. The lowest BCUT2D eigenvalue weighted by Crippen LogP contribution is -2.46. The van der Waals surface area contributed by atoms with Gasteiger partial charge in [0.05, 0.1) is 16.8 Å². The summed E-state index contributed by atoms with van der Waals surface area (Å²) in [5, 5.41) is 19.2. The highest BCUT2D eigenvalue weighted by Crippen LogP contribution is 2.42. The number of anilines is 1. The van der Waals surface area contributed by atoms with Gasteiger partial charge in [-0.05, 0) is 48.7 Å². The monoisotopic (exact) mass is 496 g/mol. The number of rotatable bonds is 4. The molecule has 0 aliphatic carbocycles. The van der Waals surface area contributed by atoms with Crippen molar-refractivity contribution in [3.63, 3.8) is 0 Å². The van der Waals surface area contributed by atoms with Crippen molar-refractivity contribution >= 4 is 52.9 Å². The number of phenolic OH excluding ortho intramolecular Hbond substituents is 1. The number of hydrazine groups is 1. The van der Waals surface area contributed by atoms with Gasteiger partial charge >= 0.3 is 0 Å². The lowest BCUT2D eigenvalue weighted by Gasteiger charge is -2.27. The van der Waals surface area contributed by atoms with Gasteiger partial charge < -0.3 is 5.11 Å². The molecule has 0 saturated carbocycles. The lowest BCUT2D eigenvalue weighted by molar-refractivity contribution is -0.119. The Hall–Kier alpha value is -1.99. The van der Waals surface area contributed by atoms with Crippen molar-refractivity contribution in [1.82, 2.24) is 10.4 Å². The molecule has 0 radical (unpaired) electrons. The quantitative estimate of drug-likeness (QED) is 0.578. The van der Waals surface area contributed by atoms with E-state index in [1.54, 1.807) is 29.3 Å². The van der Waals surface area contributed by atoms with Crippen molar-refractivity contribution in [1.29, 1.82) is 0 Å². The summed E-state index contributed by atoms with van der Waals surface area (Å²) in [6.07, 6.45) is 4.53. The number of nitrogens with zero attached hydrogens (tertiary/aromatic N) is 3. The second-order valence-corrected chi connectivity index (χ2v) is 8.94. The van der Waals surface area contributed by atoms with Gasteiger partial charge in [0.15, 0.2) is 0 Å². The summed E-state index contributed by atoms with van der Waals surface area (Å²) in [6.45, 7) is 3.69. The Morgan fingerprint density at radius 2 is 1.72 bits per heavy atom. The first-order valence-corrected chi connectivity index (χ1v) is 11.4. The fraction of sp³-hybridized carbons (Fsp3) is 0.391. The van der Waals surface area contributed by atoms with E-state index in [0.717, 1.165) is 31.5 Å². The third-order valence-corrected chi connectivity index (χ3v) is 6.41. The molecule has 2 aromatic rings. The molecule has 0 aromatic heterocycles. The van der Waals surface area contributed by atoms with Gasteiger partial charge in [-0.25, -0.2) is 5.01 Å². The number of phenols is 1. The van der Waals surface area contributed by atoms with Crippen LogP contribution in [-0.2, 0) is 4.79 Å². The molecule has 4 rings (SSSR count). The van der Waals surface area contributed by atoms with Crippen molar-refractivity contribution in [3.05, 3.63) is 58.1 Å². The van der Waals surface area contributed by atoms with E-state index >= 15 is 0 Å². The molecule has 1 saturated heterocycles. The average molecular weight is 498 g/mol. The fourth-order valence-electron chi connectivity index (χ4n) is 4.24. The van der Waals surface area contributed by atoms with Crippen LogP contribution in [0.3, 0.4) is 0 Å². The van der Waals surface area contributed by atoms with E-state index in [1.165, 1.54) is 12.8 Å². The summed E-state index contributed by atoms with van der Waals surface area (Å²) in [4.78, 5) is 13.2. The molecule has 2 atom stereocenters. The zero-order chi connectivity index (χ0) is 22.0. The van der Waals surface area contributed by atoms with Gasteiger partial charge in [-0.3, -0.25) is 15.2 Å². The minimum absolute atomic E-state index is 0. The molecular formula is C23H27Cl3N4O2. The van der Waals surface area contributed by atoms with E-state index in [9.17, 15) is 9.90 Å². The zero-order valence-corrected chi connectivity index (χ0v) is 20.1. The van der Waals surface area contributed by atoms with Gasteiger partial charge in [0.2, 0.25) is 0 Å². The van der Waals surface area contributed by atoms with Crippen LogP contribution < -0.4 is 10.4 Å². The molecule has 2 N–H and O–H groups in total. The first kappa shape index (κ1) is 24.6. The molecule has 2 heterocycles. The van der Waals surface area contributed by atoms with Crippen LogP contribution in [0.25, 0.3) is 0 Å². The zero-order valence-electron chi connectivity index (χ0n) is 17.8. The minimum Gasteiger partial charge on any atom is -0.508 e. The predicted molar refractivity (Wildman–Crippen MR) is 132 cm³/mol. The van der Waals surface area contributed by atoms with E-state index in [4.69, 9.17) is 28.3 Å². The van der Waals surface area contributed by atoms with Crippen LogP contribution in [0.2, 0.25) is 10.0 Å². The number of hydrogen-bond acceptors (Lipinski definition) is 5. The summed E-state index contributed by atoms with van der Waals surface area (Å²) >= 11 is 12.6. The lowest BCUT2D eigenvalue weighted by atomic mass is 9.91. The maximum atomic E-state index is 13.2. The first-order chi connectivity index (χ1) is 14.9. The predicted octanol–water partition coefficient (Wildman–Crippen LogP) is 5.58. The first-order valence-electron chi connectivity index (χ1n) is 10.6. The Bertz CT molecular complexity index is 976. The van der Waals surface area contributed by atoms with Gasteiger partial charge in [-0.15, -0.1) is 12.4 Å². The summed E-state index contributed by atoms with van der Waals surface area (Å²) in [5.41, 5.74) is 5.11. The number of benzene rings is 2. The summed E-state index contributed by atoms with van der Waals surface area (Å²) in [7, 11) is 0. The Morgan fingerprint density at radius 1 is 1.06 bits per heavy atom. The van der Waals surface area contributed by atoms with Crippen LogP contribution in [0, 0.1) is 5.92 Å². The Kier molecular flexibility index (Phi) is 8.28. The van der Waals surface area contributed by atoms with E-state index in [1.807, 2.05) is 30.1 Å². The topological polar surface area (TPSA) is 68.2 Å². The molecule has 2 aliphatic heterocycles. The van der Waals surface area contributed by atoms with Crippen molar-refractivity contribution in [2.24, 2.45) is 11.0 Å². The SMILES string of the molecule is CC1C(C(=O)NN2CCCCCC2)=NN(c2ccc(Cl)cc2Cl)C1c1ccc(O)cc1.Cl. The van der Waals surface area contributed by atoms with Gasteiger partial charge in [0.1, 0.15) is 11.5 Å². The molecule has 172 valence electrons. The summed E-state index contributed by atoms with van der Waals surface area (Å²) < 4.78 is 0.